The first kappa shape index (κ1) is 15.7. The SMILES string of the molecule is N#CC(CCN=C=O)CCC(C#N)CCN=C=O. The Bertz CT molecular complexity index is 369. The summed E-state index contributed by atoms with van der Waals surface area (Å²) in [4.78, 5) is 26.5. The number of isocyanates is 2. The van der Waals surface area contributed by atoms with Crippen LogP contribution in [0.4, 0.5) is 0 Å². The van der Waals surface area contributed by atoms with Crippen molar-refractivity contribution < 1.29 is 9.59 Å². The van der Waals surface area contributed by atoms with Crippen LogP contribution in [-0.4, -0.2) is 25.2 Å². The molecular weight excluding hydrogens is 232 g/mol. The molecule has 6 nitrogen and oxygen atoms in total. The van der Waals surface area contributed by atoms with E-state index in [1.54, 1.807) is 0 Å². The molecule has 2 atom stereocenters. The molecule has 0 aromatic carbocycles. The number of rotatable bonds is 9. The molecule has 18 heavy (non-hydrogen) atoms. The topological polar surface area (TPSA) is 106 Å². The van der Waals surface area contributed by atoms with Crippen LogP contribution in [0.2, 0.25) is 0 Å². The van der Waals surface area contributed by atoms with Gasteiger partial charge in [-0.1, -0.05) is 0 Å². The zero-order chi connectivity index (χ0) is 13.6. The minimum atomic E-state index is -0.215. The van der Waals surface area contributed by atoms with Crippen LogP contribution in [0, 0.1) is 34.5 Å². The number of carbonyl (C=O) groups excluding carboxylic acids is 2. The Hall–Kier alpha value is -2.26. The van der Waals surface area contributed by atoms with Crippen molar-refractivity contribution in [3.05, 3.63) is 0 Å². The quantitative estimate of drug-likeness (QED) is 0.453. The predicted octanol–water partition coefficient (Wildman–Crippen LogP) is 1.50. The molecule has 0 N–H and O–H groups in total. The minimum absolute atomic E-state index is 0.215. The summed E-state index contributed by atoms with van der Waals surface area (Å²) in [6, 6.07) is 4.25. The van der Waals surface area contributed by atoms with Gasteiger partial charge in [0.2, 0.25) is 12.2 Å². The van der Waals surface area contributed by atoms with Gasteiger partial charge in [0, 0.05) is 11.8 Å². The summed E-state index contributed by atoms with van der Waals surface area (Å²) in [5, 5.41) is 17.8. The van der Waals surface area contributed by atoms with Gasteiger partial charge in [0.1, 0.15) is 0 Å². The molecule has 0 spiro atoms. The van der Waals surface area contributed by atoms with E-state index in [0.717, 1.165) is 0 Å². The lowest BCUT2D eigenvalue weighted by Crippen LogP contribution is -2.05. The Balaban J connectivity index is 4.00. The summed E-state index contributed by atoms with van der Waals surface area (Å²) in [7, 11) is 0. The van der Waals surface area contributed by atoms with Gasteiger partial charge in [-0.2, -0.15) is 10.5 Å². The lowest BCUT2D eigenvalue weighted by Gasteiger charge is -2.10. The average Bonchev–Trinajstić information content (AvgIpc) is 2.40. The van der Waals surface area contributed by atoms with Crippen molar-refractivity contribution in [3.63, 3.8) is 0 Å². The van der Waals surface area contributed by atoms with E-state index >= 15 is 0 Å². The molecule has 0 aromatic heterocycles. The Morgan fingerprint density at radius 2 is 1.17 bits per heavy atom. The summed E-state index contributed by atoms with van der Waals surface area (Å²) in [6.07, 6.45) is 4.99. The van der Waals surface area contributed by atoms with Gasteiger partial charge in [0.15, 0.2) is 0 Å². The molecule has 0 saturated carbocycles. The summed E-state index contributed by atoms with van der Waals surface area (Å²) < 4.78 is 0. The van der Waals surface area contributed by atoms with Gasteiger partial charge in [0.25, 0.3) is 0 Å². The van der Waals surface area contributed by atoms with E-state index in [4.69, 9.17) is 10.5 Å². The van der Waals surface area contributed by atoms with Crippen molar-refractivity contribution in [2.75, 3.05) is 13.1 Å². The van der Waals surface area contributed by atoms with Gasteiger partial charge in [-0.15, -0.1) is 0 Å². The van der Waals surface area contributed by atoms with E-state index in [0.29, 0.717) is 25.7 Å². The molecular formula is C12H14N4O2. The Kier molecular flexibility index (Phi) is 9.82. The molecule has 0 rings (SSSR count). The zero-order valence-electron chi connectivity index (χ0n) is 10.0. The third-order valence-electron chi connectivity index (χ3n) is 2.54. The monoisotopic (exact) mass is 246 g/mol. The van der Waals surface area contributed by atoms with Gasteiger partial charge in [-0.05, 0) is 25.7 Å². The highest BCUT2D eigenvalue weighted by Gasteiger charge is 2.12. The van der Waals surface area contributed by atoms with Gasteiger partial charge in [-0.25, -0.2) is 19.6 Å². The lowest BCUT2D eigenvalue weighted by atomic mass is 9.93. The maximum absolute atomic E-state index is 9.87. The number of hydrogen-bond donors (Lipinski definition) is 0. The van der Waals surface area contributed by atoms with Crippen LogP contribution in [0.15, 0.2) is 9.98 Å². The molecule has 0 aromatic rings. The molecule has 94 valence electrons. The van der Waals surface area contributed by atoms with Crippen LogP contribution >= 0.6 is 0 Å². The fraction of sp³-hybridized carbons (Fsp3) is 0.667. The van der Waals surface area contributed by atoms with Gasteiger partial charge in [-0.3, -0.25) is 0 Å². The third kappa shape index (κ3) is 7.96. The Morgan fingerprint density at radius 1 is 0.778 bits per heavy atom. The predicted molar refractivity (Wildman–Crippen MR) is 62.7 cm³/mol. The smallest absolute Gasteiger partial charge is 0.211 e. The molecule has 0 aliphatic heterocycles. The number of aliphatic imine (C=N–C) groups is 2. The van der Waals surface area contributed by atoms with Crippen molar-refractivity contribution in [1.29, 1.82) is 10.5 Å². The first-order chi connectivity index (χ1) is 8.78. The molecule has 0 aliphatic rings. The van der Waals surface area contributed by atoms with Crippen molar-refractivity contribution in [3.8, 4) is 12.1 Å². The number of nitrogens with zero attached hydrogens (tertiary/aromatic N) is 4. The first-order valence-electron chi connectivity index (χ1n) is 5.65. The highest BCUT2D eigenvalue weighted by atomic mass is 16.1. The van der Waals surface area contributed by atoms with Crippen LogP contribution in [0.3, 0.4) is 0 Å². The Labute approximate surface area is 106 Å². The standard InChI is InChI=1S/C12H14N4O2/c13-7-11(3-5-15-9-17)1-2-12(8-14)4-6-16-10-18/h11-12H,1-6H2. The molecule has 6 heteroatoms. The van der Waals surface area contributed by atoms with Gasteiger partial charge < -0.3 is 0 Å². The van der Waals surface area contributed by atoms with Crippen LogP contribution in [0.1, 0.15) is 25.7 Å². The molecule has 0 radical (unpaired) electrons. The van der Waals surface area contributed by atoms with Gasteiger partial charge >= 0.3 is 0 Å². The second kappa shape index (κ2) is 11.2. The average molecular weight is 246 g/mol. The Morgan fingerprint density at radius 3 is 1.44 bits per heavy atom. The van der Waals surface area contributed by atoms with Crippen LogP contribution in [-0.2, 0) is 9.59 Å². The van der Waals surface area contributed by atoms with Crippen molar-refractivity contribution in [2.45, 2.75) is 25.7 Å². The fourth-order valence-corrected chi connectivity index (χ4v) is 1.48. The maximum atomic E-state index is 9.87. The molecule has 0 aliphatic carbocycles. The van der Waals surface area contributed by atoms with E-state index in [1.807, 2.05) is 0 Å². The fourth-order valence-electron chi connectivity index (χ4n) is 1.48. The van der Waals surface area contributed by atoms with Crippen molar-refractivity contribution in [1.82, 2.24) is 0 Å². The number of hydrogen-bond acceptors (Lipinski definition) is 6. The molecule has 0 amide bonds. The molecule has 2 unspecified atom stereocenters. The minimum Gasteiger partial charge on any atom is -0.211 e. The van der Waals surface area contributed by atoms with E-state index < -0.39 is 0 Å². The van der Waals surface area contributed by atoms with Crippen LogP contribution < -0.4 is 0 Å². The van der Waals surface area contributed by atoms with Crippen LogP contribution in [0.5, 0.6) is 0 Å². The number of nitriles is 2. The molecule has 0 bridgehead atoms. The highest BCUT2D eigenvalue weighted by molar-refractivity contribution is 5.33. The molecule has 0 heterocycles. The normalized spacial score (nSPS) is 12.1. The molecule has 0 fully saturated rings. The van der Waals surface area contributed by atoms with Crippen molar-refractivity contribution in [2.24, 2.45) is 21.8 Å². The first-order valence-corrected chi connectivity index (χ1v) is 5.65. The van der Waals surface area contributed by atoms with E-state index in [-0.39, 0.29) is 24.9 Å². The van der Waals surface area contributed by atoms with E-state index in [9.17, 15) is 9.59 Å². The van der Waals surface area contributed by atoms with E-state index in [1.165, 1.54) is 12.2 Å². The van der Waals surface area contributed by atoms with Gasteiger partial charge in [0.05, 0.1) is 25.2 Å². The highest BCUT2D eigenvalue weighted by Crippen LogP contribution is 2.17. The largest absolute Gasteiger partial charge is 0.234 e. The summed E-state index contributed by atoms with van der Waals surface area (Å²) >= 11 is 0. The summed E-state index contributed by atoms with van der Waals surface area (Å²) in [5.74, 6) is -0.431. The van der Waals surface area contributed by atoms with E-state index in [2.05, 4.69) is 22.1 Å². The zero-order valence-corrected chi connectivity index (χ0v) is 10.0. The lowest BCUT2D eigenvalue weighted by molar-refractivity contribution is 0.466. The molecule has 0 saturated heterocycles. The maximum Gasteiger partial charge on any atom is 0.234 e. The summed E-state index contributed by atoms with van der Waals surface area (Å²) in [5.41, 5.74) is 0. The van der Waals surface area contributed by atoms with Crippen LogP contribution in [0.25, 0.3) is 0 Å². The van der Waals surface area contributed by atoms with Crippen molar-refractivity contribution >= 4 is 12.2 Å². The second-order valence-corrected chi connectivity index (χ2v) is 3.75. The third-order valence-corrected chi connectivity index (χ3v) is 2.54. The summed E-state index contributed by atoms with van der Waals surface area (Å²) in [6.45, 7) is 0.572. The second-order valence-electron chi connectivity index (χ2n) is 3.75.